The molecule has 0 spiro atoms. The summed E-state index contributed by atoms with van der Waals surface area (Å²) in [5.74, 6) is 0.655. The summed E-state index contributed by atoms with van der Waals surface area (Å²) in [5, 5.41) is 3.44. The van der Waals surface area contributed by atoms with Crippen molar-refractivity contribution in [3.8, 4) is 0 Å². The summed E-state index contributed by atoms with van der Waals surface area (Å²) in [6.45, 7) is 2.98. The minimum Gasteiger partial charge on any atom is -0.310 e. The third kappa shape index (κ3) is 2.79. The second-order valence-electron chi connectivity index (χ2n) is 4.14. The first-order valence-corrected chi connectivity index (χ1v) is 6.17. The zero-order valence-corrected chi connectivity index (χ0v) is 10.3. The van der Waals surface area contributed by atoms with E-state index in [-0.39, 0.29) is 5.82 Å². The highest BCUT2D eigenvalue weighted by Crippen LogP contribution is 2.33. The third-order valence-electron chi connectivity index (χ3n) is 3.00. The standard InChI is InChI=1S/C12H15BrFN/c1-2-9-6-12(9)15-7-8-3-4-10(13)11(14)5-8/h3-5,9,12,15H,2,6-7H2,1H3. The molecule has 3 heteroatoms. The van der Waals surface area contributed by atoms with E-state index < -0.39 is 0 Å². The topological polar surface area (TPSA) is 12.0 Å². The fourth-order valence-electron chi connectivity index (χ4n) is 1.85. The molecular formula is C12H15BrFN. The largest absolute Gasteiger partial charge is 0.310 e. The summed E-state index contributed by atoms with van der Waals surface area (Å²) < 4.78 is 13.7. The fourth-order valence-corrected chi connectivity index (χ4v) is 2.09. The van der Waals surface area contributed by atoms with Crippen LogP contribution in [0, 0.1) is 11.7 Å². The average Bonchev–Trinajstić information content (AvgIpc) is 2.98. The number of hydrogen-bond donors (Lipinski definition) is 1. The smallest absolute Gasteiger partial charge is 0.137 e. The molecule has 0 amide bonds. The van der Waals surface area contributed by atoms with E-state index in [1.54, 1.807) is 12.1 Å². The highest BCUT2D eigenvalue weighted by Gasteiger charge is 2.34. The Hall–Kier alpha value is -0.410. The molecular weight excluding hydrogens is 257 g/mol. The number of hydrogen-bond acceptors (Lipinski definition) is 1. The molecule has 0 heterocycles. The van der Waals surface area contributed by atoms with Crippen molar-refractivity contribution in [2.75, 3.05) is 0 Å². The summed E-state index contributed by atoms with van der Waals surface area (Å²) in [6.07, 6.45) is 2.52. The van der Waals surface area contributed by atoms with Crippen LogP contribution in [-0.2, 0) is 6.54 Å². The van der Waals surface area contributed by atoms with Crippen molar-refractivity contribution in [3.63, 3.8) is 0 Å². The van der Waals surface area contributed by atoms with Gasteiger partial charge in [-0.25, -0.2) is 4.39 Å². The lowest BCUT2D eigenvalue weighted by molar-refractivity contribution is 0.603. The lowest BCUT2D eigenvalue weighted by Gasteiger charge is -2.04. The van der Waals surface area contributed by atoms with Gasteiger partial charge >= 0.3 is 0 Å². The molecule has 1 N–H and O–H groups in total. The Bertz CT molecular complexity index is 353. The zero-order chi connectivity index (χ0) is 10.8. The number of nitrogens with one attached hydrogen (secondary N) is 1. The molecule has 0 saturated heterocycles. The highest BCUT2D eigenvalue weighted by molar-refractivity contribution is 9.10. The lowest BCUT2D eigenvalue weighted by atomic mass is 10.2. The summed E-state index contributed by atoms with van der Waals surface area (Å²) in [7, 11) is 0. The van der Waals surface area contributed by atoms with Gasteiger partial charge in [0.1, 0.15) is 5.82 Å². The van der Waals surface area contributed by atoms with Gasteiger partial charge in [-0.3, -0.25) is 0 Å². The maximum Gasteiger partial charge on any atom is 0.137 e. The predicted octanol–water partition coefficient (Wildman–Crippen LogP) is 3.48. The van der Waals surface area contributed by atoms with Crippen molar-refractivity contribution in [1.82, 2.24) is 5.32 Å². The molecule has 2 atom stereocenters. The second-order valence-corrected chi connectivity index (χ2v) is 4.99. The van der Waals surface area contributed by atoms with Gasteiger partial charge in [-0.2, -0.15) is 0 Å². The van der Waals surface area contributed by atoms with E-state index in [0.29, 0.717) is 10.5 Å². The first-order chi connectivity index (χ1) is 7.20. The van der Waals surface area contributed by atoms with Crippen molar-refractivity contribution in [1.29, 1.82) is 0 Å². The maximum atomic E-state index is 13.2. The monoisotopic (exact) mass is 271 g/mol. The minimum absolute atomic E-state index is 0.183. The van der Waals surface area contributed by atoms with Crippen LogP contribution in [0.25, 0.3) is 0 Å². The quantitative estimate of drug-likeness (QED) is 0.884. The number of benzene rings is 1. The van der Waals surface area contributed by atoms with E-state index in [4.69, 9.17) is 0 Å². The van der Waals surface area contributed by atoms with Gasteiger partial charge in [-0.1, -0.05) is 19.4 Å². The van der Waals surface area contributed by atoms with Gasteiger partial charge < -0.3 is 5.32 Å². The van der Waals surface area contributed by atoms with E-state index in [1.165, 1.54) is 12.8 Å². The van der Waals surface area contributed by atoms with Crippen LogP contribution < -0.4 is 5.32 Å². The second kappa shape index (κ2) is 4.62. The van der Waals surface area contributed by atoms with Crippen LogP contribution in [0.5, 0.6) is 0 Å². The molecule has 0 bridgehead atoms. The molecule has 0 aliphatic heterocycles. The maximum absolute atomic E-state index is 13.2. The first-order valence-electron chi connectivity index (χ1n) is 5.38. The Labute approximate surface area is 98.2 Å². The van der Waals surface area contributed by atoms with Gasteiger partial charge in [-0.05, 0) is 46.0 Å². The molecule has 15 heavy (non-hydrogen) atoms. The molecule has 1 nitrogen and oxygen atoms in total. The minimum atomic E-state index is -0.183. The SMILES string of the molecule is CCC1CC1NCc1ccc(Br)c(F)c1. The van der Waals surface area contributed by atoms with E-state index in [0.717, 1.165) is 18.0 Å². The van der Waals surface area contributed by atoms with E-state index in [2.05, 4.69) is 28.2 Å². The van der Waals surface area contributed by atoms with Crippen molar-refractivity contribution in [3.05, 3.63) is 34.1 Å². The Kier molecular flexibility index (Phi) is 3.42. The summed E-state index contributed by atoms with van der Waals surface area (Å²) >= 11 is 3.15. The normalized spacial score (nSPS) is 24.2. The Morgan fingerprint density at radius 1 is 1.53 bits per heavy atom. The average molecular weight is 272 g/mol. The molecule has 82 valence electrons. The molecule has 1 aromatic carbocycles. The molecule has 1 aliphatic rings. The molecule has 2 unspecified atom stereocenters. The van der Waals surface area contributed by atoms with Crippen LogP contribution in [0.4, 0.5) is 4.39 Å². The molecule has 2 rings (SSSR count). The zero-order valence-electron chi connectivity index (χ0n) is 8.76. The van der Waals surface area contributed by atoms with Crippen LogP contribution in [0.1, 0.15) is 25.3 Å². The van der Waals surface area contributed by atoms with Gasteiger partial charge in [0.25, 0.3) is 0 Å². The molecule has 1 fully saturated rings. The van der Waals surface area contributed by atoms with Gasteiger partial charge in [0, 0.05) is 12.6 Å². The van der Waals surface area contributed by atoms with Crippen LogP contribution >= 0.6 is 15.9 Å². The van der Waals surface area contributed by atoms with Gasteiger partial charge in [-0.15, -0.1) is 0 Å². The number of halogens is 2. The van der Waals surface area contributed by atoms with Crippen LogP contribution in [0.15, 0.2) is 22.7 Å². The Balaban J connectivity index is 1.86. The van der Waals surface area contributed by atoms with Gasteiger partial charge in [0.2, 0.25) is 0 Å². The Morgan fingerprint density at radius 3 is 2.93 bits per heavy atom. The molecule has 1 saturated carbocycles. The van der Waals surface area contributed by atoms with Crippen molar-refractivity contribution in [2.45, 2.75) is 32.4 Å². The lowest BCUT2D eigenvalue weighted by Crippen LogP contribution is -2.17. The third-order valence-corrected chi connectivity index (χ3v) is 3.64. The van der Waals surface area contributed by atoms with Crippen LogP contribution in [0.2, 0.25) is 0 Å². The first kappa shape index (κ1) is 11.1. The van der Waals surface area contributed by atoms with E-state index in [1.807, 2.05) is 6.07 Å². The fraction of sp³-hybridized carbons (Fsp3) is 0.500. The van der Waals surface area contributed by atoms with Crippen molar-refractivity contribution in [2.24, 2.45) is 5.92 Å². The summed E-state index contributed by atoms with van der Waals surface area (Å²) in [6, 6.07) is 5.95. The van der Waals surface area contributed by atoms with Crippen LogP contribution in [-0.4, -0.2) is 6.04 Å². The van der Waals surface area contributed by atoms with Gasteiger partial charge in [0.15, 0.2) is 0 Å². The Morgan fingerprint density at radius 2 is 2.33 bits per heavy atom. The predicted molar refractivity (Wildman–Crippen MR) is 63.1 cm³/mol. The molecule has 1 aliphatic carbocycles. The van der Waals surface area contributed by atoms with Crippen molar-refractivity contribution < 1.29 is 4.39 Å². The van der Waals surface area contributed by atoms with Crippen LogP contribution in [0.3, 0.4) is 0 Å². The number of rotatable bonds is 4. The molecule has 0 radical (unpaired) electrons. The summed E-state index contributed by atoms with van der Waals surface area (Å²) in [4.78, 5) is 0. The molecule has 1 aromatic rings. The summed E-state index contributed by atoms with van der Waals surface area (Å²) in [5.41, 5.74) is 1.01. The van der Waals surface area contributed by atoms with Crippen molar-refractivity contribution >= 4 is 15.9 Å². The van der Waals surface area contributed by atoms with E-state index in [9.17, 15) is 4.39 Å². The highest BCUT2D eigenvalue weighted by atomic mass is 79.9. The molecule has 0 aromatic heterocycles. The van der Waals surface area contributed by atoms with Gasteiger partial charge in [0.05, 0.1) is 4.47 Å². The van der Waals surface area contributed by atoms with E-state index >= 15 is 0 Å².